The maximum absolute atomic E-state index is 4.54. The lowest BCUT2D eigenvalue weighted by molar-refractivity contribution is 0.202. The van der Waals surface area contributed by atoms with Crippen molar-refractivity contribution in [2.75, 3.05) is 13.1 Å². The molecule has 0 unspecified atom stereocenters. The van der Waals surface area contributed by atoms with Crippen molar-refractivity contribution in [3.63, 3.8) is 0 Å². The van der Waals surface area contributed by atoms with E-state index in [1.807, 2.05) is 24.1 Å². The summed E-state index contributed by atoms with van der Waals surface area (Å²) in [6.45, 7) is 3.15. The highest BCUT2D eigenvalue weighted by molar-refractivity contribution is 9.10. The molecule has 0 spiro atoms. The van der Waals surface area contributed by atoms with Crippen LogP contribution in [-0.2, 0) is 13.6 Å². The van der Waals surface area contributed by atoms with Crippen LogP contribution in [0.15, 0.2) is 47.2 Å². The average molecular weight is 385 g/mol. The molecule has 0 radical (unpaired) electrons. The number of likely N-dealkylation sites (tertiary alicyclic amines) is 1. The molecule has 0 saturated carbocycles. The normalized spacial score (nSPS) is 16.8. The number of pyridine rings is 1. The lowest BCUT2D eigenvalue weighted by atomic mass is 9.87. The van der Waals surface area contributed by atoms with Gasteiger partial charge in [0, 0.05) is 31.4 Å². The van der Waals surface area contributed by atoms with Gasteiger partial charge in [0.15, 0.2) is 0 Å². The lowest BCUT2D eigenvalue weighted by Gasteiger charge is -2.32. The van der Waals surface area contributed by atoms with Gasteiger partial charge in [-0.25, -0.2) is 0 Å². The molecule has 0 N–H and O–H groups in total. The topological polar surface area (TPSA) is 34.0 Å². The first kappa shape index (κ1) is 15.8. The van der Waals surface area contributed by atoms with Crippen LogP contribution >= 0.6 is 15.9 Å². The number of para-hydroxylation sites is 1. The van der Waals surface area contributed by atoms with Crippen molar-refractivity contribution in [1.29, 1.82) is 0 Å². The van der Waals surface area contributed by atoms with E-state index in [0.29, 0.717) is 5.92 Å². The fourth-order valence-corrected chi connectivity index (χ4v) is 4.20. The number of benzene rings is 1. The smallest absolute Gasteiger partial charge is 0.0906 e. The van der Waals surface area contributed by atoms with Crippen LogP contribution in [0.25, 0.3) is 10.9 Å². The van der Waals surface area contributed by atoms with E-state index in [1.165, 1.54) is 23.8 Å². The second-order valence-corrected chi connectivity index (χ2v) is 7.42. The number of hydrogen-bond acceptors (Lipinski definition) is 3. The number of nitrogens with zero attached hydrogens (tertiary/aromatic N) is 4. The molecule has 1 aromatic carbocycles. The van der Waals surface area contributed by atoms with Gasteiger partial charge in [-0.3, -0.25) is 14.6 Å². The number of piperidine rings is 1. The van der Waals surface area contributed by atoms with Crippen molar-refractivity contribution in [3.05, 3.63) is 58.5 Å². The van der Waals surface area contributed by atoms with Gasteiger partial charge < -0.3 is 0 Å². The fourth-order valence-electron chi connectivity index (χ4n) is 3.70. The Morgan fingerprint density at radius 2 is 1.96 bits per heavy atom. The number of aromatic nitrogens is 3. The molecule has 5 heteroatoms. The molecule has 3 heterocycles. The minimum atomic E-state index is 0.626. The van der Waals surface area contributed by atoms with E-state index in [-0.39, 0.29) is 0 Å². The molecule has 1 saturated heterocycles. The summed E-state index contributed by atoms with van der Waals surface area (Å²) in [6.07, 6.45) is 6.36. The molecule has 3 aromatic rings. The highest BCUT2D eigenvalue weighted by Crippen LogP contribution is 2.33. The first-order valence-electron chi connectivity index (χ1n) is 8.45. The maximum atomic E-state index is 4.54. The third-order valence-corrected chi connectivity index (χ3v) is 5.60. The number of fused-ring (bicyclic) bond motifs is 1. The molecule has 124 valence electrons. The van der Waals surface area contributed by atoms with Crippen LogP contribution in [0.2, 0.25) is 0 Å². The molecule has 1 fully saturated rings. The SMILES string of the molecule is Cn1cc(Br)c(CN2CCC(c3ccnc4ccccc34)CC2)n1. The maximum Gasteiger partial charge on any atom is 0.0906 e. The number of rotatable bonds is 3. The standard InChI is InChI=1S/C19H21BrN4/c1-23-12-17(20)19(22-23)13-24-10-7-14(8-11-24)15-6-9-21-18-5-3-2-4-16(15)18/h2-6,9,12,14H,7-8,10-11,13H2,1H3. The van der Waals surface area contributed by atoms with Crippen molar-refractivity contribution in [2.45, 2.75) is 25.3 Å². The number of halogens is 1. The largest absolute Gasteiger partial charge is 0.297 e. The molecular formula is C19H21BrN4. The Bertz CT molecular complexity index is 844. The Labute approximate surface area is 150 Å². The van der Waals surface area contributed by atoms with Gasteiger partial charge in [0.1, 0.15) is 0 Å². The van der Waals surface area contributed by atoms with Gasteiger partial charge in [-0.1, -0.05) is 18.2 Å². The van der Waals surface area contributed by atoms with Crippen LogP contribution < -0.4 is 0 Å². The average Bonchev–Trinajstić information content (AvgIpc) is 2.92. The molecule has 0 bridgehead atoms. The summed E-state index contributed by atoms with van der Waals surface area (Å²) in [4.78, 5) is 7.00. The van der Waals surface area contributed by atoms with E-state index in [4.69, 9.17) is 0 Å². The van der Waals surface area contributed by atoms with E-state index in [2.05, 4.69) is 61.2 Å². The quantitative estimate of drug-likeness (QED) is 0.681. The van der Waals surface area contributed by atoms with Crippen LogP contribution in [0.5, 0.6) is 0 Å². The van der Waals surface area contributed by atoms with E-state index in [1.54, 1.807) is 0 Å². The van der Waals surface area contributed by atoms with Gasteiger partial charge >= 0.3 is 0 Å². The van der Waals surface area contributed by atoms with Gasteiger partial charge in [-0.2, -0.15) is 5.10 Å². The zero-order chi connectivity index (χ0) is 16.5. The van der Waals surface area contributed by atoms with Crippen LogP contribution in [0.1, 0.15) is 30.0 Å². The van der Waals surface area contributed by atoms with Crippen LogP contribution in [0.3, 0.4) is 0 Å². The van der Waals surface area contributed by atoms with E-state index >= 15 is 0 Å². The summed E-state index contributed by atoms with van der Waals surface area (Å²) < 4.78 is 2.97. The predicted octanol–water partition coefficient (Wildman–Crippen LogP) is 4.11. The monoisotopic (exact) mass is 384 g/mol. The van der Waals surface area contributed by atoms with E-state index in [0.717, 1.165) is 35.3 Å². The van der Waals surface area contributed by atoms with Crippen molar-refractivity contribution in [3.8, 4) is 0 Å². The lowest BCUT2D eigenvalue weighted by Crippen LogP contribution is -2.32. The van der Waals surface area contributed by atoms with Crippen LogP contribution in [0, 0.1) is 0 Å². The molecule has 2 aromatic heterocycles. The summed E-state index contributed by atoms with van der Waals surface area (Å²) >= 11 is 3.60. The molecule has 1 aliphatic heterocycles. The van der Waals surface area contributed by atoms with Gasteiger partial charge in [0.2, 0.25) is 0 Å². The Kier molecular flexibility index (Phi) is 4.37. The molecule has 24 heavy (non-hydrogen) atoms. The molecule has 1 aliphatic rings. The van der Waals surface area contributed by atoms with Crippen molar-refractivity contribution >= 4 is 26.8 Å². The molecule has 0 amide bonds. The van der Waals surface area contributed by atoms with E-state index < -0.39 is 0 Å². The molecule has 0 aliphatic carbocycles. The molecule has 4 rings (SSSR count). The van der Waals surface area contributed by atoms with Gasteiger partial charge in [-0.05, 0) is 65.5 Å². The van der Waals surface area contributed by atoms with Crippen molar-refractivity contribution in [1.82, 2.24) is 19.7 Å². The first-order valence-corrected chi connectivity index (χ1v) is 9.24. The zero-order valence-electron chi connectivity index (χ0n) is 13.8. The second-order valence-electron chi connectivity index (χ2n) is 6.57. The first-order chi connectivity index (χ1) is 11.7. The summed E-state index contributed by atoms with van der Waals surface area (Å²) in [5.41, 5.74) is 3.69. The predicted molar refractivity (Wildman–Crippen MR) is 99.9 cm³/mol. The Hall–Kier alpha value is -1.72. The summed E-state index contributed by atoms with van der Waals surface area (Å²) in [7, 11) is 1.97. The minimum Gasteiger partial charge on any atom is -0.297 e. The summed E-state index contributed by atoms with van der Waals surface area (Å²) in [6, 6.07) is 10.7. The third kappa shape index (κ3) is 3.10. The third-order valence-electron chi connectivity index (χ3n) is 4.94. The number of aryl methyl sites for hydroxylation is 1. The van der Waals surface area contributed by atoms with Crippen LogP contribution in [0.4, 0.5) is 0 Å². The van der Waals surface area contributed by atoms with E-state index in [9.17, 15) is 0 Å². The zero-order valence-corrected chi connectivity index (χ0v) is 15.4. The van der Waals surface area contributed by atoms with Crippen molar-refractivity contribution < 1.29 is 0 Å². The molecule has 0 atom stereocenters. The van der Waals surface area contributed by atoms with Gasteiger partial charge in [0.05, 0.1) is 15.7 Å². The Balaban J connectivity index is 1.47. The Morgan fingerprint density at radius 1 is 1.17 bits per heavy atom. The second kappa shape index (κ2) is 6.65. The Morgan fingerprint density at radius 3 is 2.71 bits per heavy atom. The fraction of sp³-hybridized carbons (Fsp3) is 0.368. The summed E-state index contributed by atoms with van der Waals surface area (Å²) in [5.74, 6) is 0.626. The minimum absolute atomic E-state index is 0.626. The molecular weight excluding hydrogens is 364 g/mol. The highest BCUT2D eigenvalue weighted by atomic mass is 79.9. The van der Waals surface area contributed by atoms with Crippen molar-refractivity contribution in [2.24, 2.45) is 7.05 Å². The highest BCUT2D eigenvalue weighted by Gasteiger charge is 2.23. The number of hydrogen-bond donors (Lipinski definition) is 0. The van der Waals surface area contributed by atoms with Gasteiger partial charge in [-0.15, -0.1) is 0 Å². The summed E-state index contributed by atoms with van der Waals surface area (Å²) in [5, 5.41) is 5.85. The van der Waals surface area contributed by atoms with Crippen LogP contribution in [-0.4, -0.2) is 32.8 Å². The molecule has 4 nitrogen and oxygen atoms in total. The van der Waals surface area contributed by atoms with Gasteiger partial charge in [0.25, 0.3) is 0 Å².